The predicted molar refractivity (Wildman–Crippen MR) is 54.8 cm³/mol. The van der Waals surface area contributed by atoms with Crippen LogP contribution >= 0.6 is 11.8 Å². The molecule has 0 saturated heterocycles. The second-order valence-electron chi connectivity index (χ2n) is 2.57. The van der Waals surface area contributed by atoms with E-state index < -0.39 is 0 Å². The van der Waals surface area contributed by atoms with Gasteiger partial charge < -0.3 is 0 Å². The van der Waals surface area contributed by atoms with Gasteiger partial charge in [0.05, 0.1) is 6.20 Å². The summed E-state index contributed by atoms with van der Waals surface area (Å²) in [6.07, 6.45) is 7.09. The summed E-state index contributed by atoms with van der Waals surface area (Å²) in [5, 5.41) is 8.67. The number of rotatable bonds is 2. The molecule has 0 saturated carbocycles. The second kappa shape index (κ2) is 4.15. The Morgan fingerprint density at radius 2 is 2.14 bits per heavy atom. The molecule has 0 aromatic carbocycles. The Morgan fingerprint density at radius 1 is 1.21 bits per heavy atom. The van der Waals surface area contributed by atoms with E-state index >= 15 is 0 Å². The highest BCUT2D eigenvalue weighted by molar-refractivity contribution is 7.98. The van der Waals surface area contributed by atoms with Crippen molar-refractivity contribution in [3.63, 3.8) is 0 Å². The van der Waals surface area contributed by atoms with Crippen molar-refractivity contribution in [2.45, 2.75) is 5.16 Å². The van der Waals surface area contributed by atoms with Crippen LogP contribution in [-0.4, -0.2) is 26.4 Å². The first kappa shape index (κ1) is 9.08. The molecule has 2 rings (SSSR count). The molecule has 0 unspecified atom stereocenters. The Bertz CT molecular complexity index is 401. The van der Waals surface area contributed by atoms with Gasteiger partial charge in [0.25, 0.3) is 0 Å². The molecular formula is C9H8N4S. The molecule has 0 radical (unpaired) electrons. The Kier molecular flexibility index (Phi) is 2.69. The van der Waals surface area contributed by atoms with Crippen molar-refractivity contribution in [2.75, 3.05) is 6.26 Å². The Hall–Kier alpha value is -1.49. The van der Waals surface area contributed by atoms with Gasteiger partial charge in [0.15, 0.2) is 0 Å². The van der Waals surface area contributed by atoms with E-state index in [-0.39, 0.29) is 0 Å². The zero-order valence-corrected chi connectivity index (χ0v) is 8.40. The fourth-order valence-corrected chi connectivity index (χ4v) is 1.29. The van der Waals surface area contributed by atoms with Crippen molar-refractivity contribution in [1.29, 1.82) is 0 Å². The molecule has 0 aliphatic carbocycles. The highest BCUT2D eigenvalue weighted by atomic mass is 32.2. The molecule has 0 fully saturated rings. The van der Waals surface area contributed by atoms with Gasteiger partial charge in [0, 0.05) is 18.0 Å². The summed E-state index contributed by atoms with van der Waals surface area (Å²) in [5.41, 5.74) is 1.68. The largest absolute Gasteiger partial charge is 0.264 e. The SMILES string of the molecule is CSc1ncc(-c2cccnc2)nn1. The van der Waals surface area contributed by atoms with Crippen LogP contribution in [0.3, 0.4) is 0 Å². The molecule has 2 aromatic heterocycles. The standard InChI is InChI=1S/C9H8N4S/c1-14-9-11-6-8(12-13-9)7-3-2-4-10-5-7/h2-6H,1H3. The maximum Gasteiger partial charge on any atom is 0.208 e. The van der Waals surface area contributed by atoms with Crippen molar-refractivity contribution in [3.8, 4) is 11.3 Å². The molecule has 0 atom stereocenters. The lowest BCUT2D eigenvalue weighted by Crippen LogP contribution is -1.92. The van der Waals surface area contributed by atoms with E-state index in [1.807, 2.05) is 18.4 Å². The van der Waals surface area contributed by atoms with Crippen molar-refractivity contribution in [2.24, 2.45) is 0 Å². The molecule has 2 heterocycles. The first-order valence-corrected chi connectivity index (χ1v) is 5.27. The van der Waals surface area contributed by atoms with Gasteiger partial charge in [-0.15, -0.1) is 10.2 Å². The molecule has 70 valence electrons. The van der Waals surface area contributed by atoms with Gasteiger partial charge in [-0.1, -0.05) is 11.8 Å². The summed E-state index contributed by atoms with van der Waals surface area (Å²) < 4.78 is 0. The first-order chi connectivity index (χ1) is 6.90. The van der Waals surface area contributed by atoms with Crippen LogP contribution < -0.4 is 0 Å². The summed E-state index contributed by atoms with van der Waals surface area (Å²) in [4.78, 5) is 8.14. The third-order valence-electron chi connectivity index (χ3n) is 1.68. The molecule has 0 aliphatic rings. The van der Waals surface area contributed by atoms with Crippen molar-refractivity contribution in [3.05, 3.63) is 30.7 Å². The molecule has 5 heteroatoms. The molecular weight excluding hydrogens is 196 g/mol. The number of hydrogen-bond acceptors (Lipinski definition) is 5. The van der Waals surface area contributed by atoms with Crippen molar-refractivity contribution in [1.82, 2.24) is 20.2 Å². The summed E-state index contributed by atoms with van der Waals surface area (Å²) in [6, 6.07) is 3.79. The maximum atomic E-state index is 4.14. The van der Waals surface area contributed by atoms with Gasteiger partial charge in [-0.25, -0.2) is 4.98 Å². The molecule has 0 bridgehead atoms. The number of aromatic nitrogens is 4. The van der Waals surface area contributed by atoms with Crippen molar-refractivity contribution >= 4 is 11.8 Å². The maximum absolute atomic E-state index is 4.14. The average molecular weight is 204 g/mol. The highest BCUT2D eigenvalue weighted by Crippen LogP contribution is 2.14. The number of thioether (sulfide) groups is 1. The van der Waals surface area contributed by atoms with E-state index in [1.165, 1.54) is 11.8 Å². The molecule has 0 aliphatic heterocycles. The lowest BCUT2D eigenvalue weighted by atomic mass is 10.2. The first-order valence-electron chi connectivity index (χ1n) is 4.04. The van der Waals surface area contributed by atoms with E-state index in [4.69, 9.17) is 0 Å². The van der Waals surface area contributed by atoms with Crippen LogP contribution in [0.1, 0.15) is 0 Å². The van der Waals surface area contributed by atoms with E-state index in [0.717, 1.165) is 11.3 Å². The zero-order chi connectivity index (χ0) is 9.80. The topological polar surface area (TPSA) is 51.6 Å². The van der Waals surface area contributed by atoms with Crippen LogP contribution in [0.25, 0.3) is 11.3 Å². The average Bonchev–Trinajstić information content (AvgIpc) is 2.30. The van der Waals surface area contributed by atoms with Gasteiger partial charge in [0.1, 0.15) is 5.69 Å². The van der Waals surface area contributed by atoms with Gasteiger partial charge in [-0.05, 0) is 18.4 Å². The zero-order valence-electron chi connectivity index (χ0n) is 7.58. The normalized spacial score (nSPS) is 10.1. The molecule has 14 heavy (non-hydrogen) atoms. The van der Waals surface area contributed by atoms with E-state index in [0.29, 0.717) is 5.16 Å². The lowest BCUT2D eigenvalue weighted by Gasteiger charge is -1.98. The molecule has 0 N–H and O–H groups in total. The van der Waals surface area contributed by atoms with Crippen LogP contribution in [0, 0.1) is 0 Å². The Labute approximate surface area is 85.8 Å². The van der Waals surface area contributed by atoms with Crippen LogP contribution in [0.5, 0.6) is 0 Å². The van der Waals surface area contributed by atoms with Gasteiger partial charge >= 0.3 is 0 Å². The van der Waals surface area contributed by atoms with Gasteiger partial charge in [-0.3, -0.25) is 4.98 Å². The number of pyridine rings is 1. The Balaban J connectivity index is 2.34. The van der Waals surface area contributed by atoms with E-state index in [9.17, 15) is 0 Å². The monoisotopic (exact) mass is 204 g/mol. The molecule has 4 nitrogen and oxygen atoms in total. The molecule has 2 aromatic rings. The smallest absolute Gasteiger partial charge is 0.208 e. The van der Waals surface area contributed by atoms with E-state index in [2.05, 4.69) is 20.2 Å². The van der Waals surface area contributed by atoms with Gasteiger partial charge in [0.2, 0.25) is 5.16 Å². The Morgan fingerprint density at radius 3 is 2.71 bits per heavy atom. The third kappa shape index (κ3) is 1.88. The van der Waals surface area contributed by atoms with E-state index in [1.54, 1.807) is 18.6 Å². The summed E-state index contributed by atoms with van der Waals surface area (Å²) >= 11 is 1.47. The number of nitrogens with zero attached hydrogens (tertiary/aromatic N) is 4. The fraction of sp³-hybridized carbons (Fsp3) is 0.111. The molecule has 0 spiro atoms. The highest BCUT2D eigenvalue weighted by Gasteiger charge is 2.00. The summed E-state index contributed by atoms with van der Waals surface area (Å²) in [5.74, 6) is 0. The second-order valence-corrected chi connectivity index (χ2v) is 3.35. The minimum atomic E-state index is 0.678. The third-order valence-corrected chi connectivity index (χ3v) is 2.23. The van der Waals surface area contributed by atoms with Crippen LogP contribution in [0.15, 0.2) is 35.9 Å². The number of hydrogen-bond donors (Lipinski definition) is 0. The summed E-state index contributed by atoms with van der Waals surface area (Å²) in [6.45, 7) is 0. The van der Waals surface area contributed by atoms with Crippen LogP contribution in [0.4, 0.5) is 0 Å². The van der Waals surface area contributed by atoms with Crippen LogP contribution in [-0.2, 0) is 0 Å². The minimum Gasteiger partial charge on any atom is -0.264 e. The summed E-state index contributed by atoms with van der Waals surface area (Å²) in [7, 11) is 0. The van der Waals surface area contributed by atoms with Crippen molar-refractivity contribution < 1.29 is 0 Å². The predicted octanol–water partition coefficient (Wildman–Crippen LogP) is 1.66. The minimum absolute atomic E-state index is 0.678. The van der Waals surface area contributed by atoms with Crippen LogP contribution in [0.2, 0.25) is 0 Å². The fourth-order valence-electron chi connectivity index (χ4n) is 1.00. The van der Waals surface area contributed by atoms with Gasteiger partial charge in [-0.2, -0.15) is 0 Å². The quantitative estimate of drug-likeness (QED) is 0.696. The molecule has 0 amide bonds. The lowest BCUT2D eigenvalue weighted by molar-refractivity contribution is 0.846.